The van der Waals surface area contributed by atoms with Crippen molar-refractivity contribution in [3.05, 3.63) is 81.0 Å². The van der Waals surface area contributed by atoms with Crippen LogP contribution in [0.4, 0.5) is 16.5 Å². The number of carbonyl (C=O) groups is 4. The number of hydrogen-bond acceptors (Lipinski definition) is 8. The van der Waals surface area contributed by atoms with Gasteiger partial charge >= 0.3 is 5.97 Å². The summed E-state index contributed by atoms with van der Waals surface area (Å²) in [7, 11) is 0. The second kappa shape index (κ2) is 10.3. The van der Waals surface area contributed by atoms with E-state index in [2.05, 4.69) is 15.6 Å². The van der Waals surface area contributed by atoms with E-state index in [0.29, 0.717) is 27.5 Å². The number of carbonyl (C=O) groups excluding carboxylic acids is 4. The lowest BCUT2D eigenvalue weighted by Gasteiger charge is -2.15. The summed E-state index contributed by atoms with van der Waals surface area (Å²) in [6.45, 7) is 5.51. The van der Waals surface area contributed by atoms with Crippen LogP contribution in [0.5, 0.6) is 0 Å². The highest BCUT2D eigenvalue weighted by atomic mass is 35.5. The Kier molecular flexibility index (Phi) is 7.18. The number of aryl methyl sites for hydroxylation is 2. The van der Waals surface area contributed by atoms with E-state index in [1.807, 2.05) is 6.92 Å². The molecule has 2 aromatic carbocycles. The normalized spacial score (nSPS) is 13.3. The van der Waals surface area contributed by atoms with Crippen LogP contribution in [0, 0.1) is 13.8 Å². The van der Waals surface area contributed by atoms with Crippen LogP contribution in [0.3, 0.4) is 0 Å². The van der Waals surface area contributed by atoms with Gasteiger partial charge in [-0.05, 0) is 57.2 Å². The summed E-state index contributed by atoms with van der Waals surface area (Å²) in [5.74, 6) is -2.12. The molecule has 0 saturated heterocycles. The maximum Gasteiger partial charge on any atom is 0.350 e. The molecule has 0 spiro atoms. The first-order valence-electron chi connectivity index (χ1n) is 10.9. The lowest BCUT2D eigenvalue weighted by atomic mass is 10.2. The molecule has 0 bridgehead atoms. The number of aromatic nitrogens is 1. The Morgan fingerprint density at radius 2 is 1.69 bits per heavy atom. The number of rotatable bonds is 7. The lowest BCUT2D eigenvalue weighted by molar-refractivity contribution is -0.120. The van der Waals surface area contributed by atoms with Gasteiger partial charge in [0.15, 0.2) is 5.13 Å². The van der Waals surface area contributed by atoms with E-state index in [1.54, 1.807) is 50.2 Å². The van der Waals surface area contributed by atoms with Crippen LogP contribution in [-0.2, 0) is 14.3 Å². The molecule has 2 heterocycles. The number of esters is 1. The first-order valence-corrected chi connectivity index (χ1v) is 12.1. The molecule has 3 amide bonds. The molecular formula is C25H21ClN4O5S. The van der Waals surface area contributed by atoms with Crippen LogP contribution in [0.1, 0.15) is 38.2 Å². The Morgan fingerprint density at radius 3 is 2.33 bits per heavy atom. The Labute approximate surface area is 215 Å². The highest BCUT2D eigenvalue weighted by molar-refractivity contribution is 7.17. The number of amides is 3. The number of nitrogens with zero attached hydrogens (tertiary/aromatic N) is 2. The average molecular weight is 525 g/mol. The van der Waals surface area contributed by atoms with Gasteiger partial charge in [0.2, 0.25) is 0 Å². The molecule has 0 unspecified atom stereocenters. The van der Waals surface area contributed by atoms with Crippen LogP contribution in [-0.4, -0.2) is 35.3 Å². The number of anilines is 3. The maximum atomic E-state index is 12.9. The van der Waals surface area contributed by atoms with Gasteiger partial charge in [-0.25, -0.2) is 14.7 Å². The third-order valence-corrected chi connectivity index (χ3v) is 6.62. The molecule has 0 radical (unpaired) electrons. The van der Waals surface area contributed by atoms with E-state index in [1.165, 1.54) is 12.1 Å². The highest BCUT2D eigenvalue weighted by Crippen LogP contribution is 2.30. The minimum Gasteiger partial charge on any atom is -0.462 e. The molecule has 1 aliphatic rings. The number of halogens is 1. The van der Waals surface area contributed by atoms with Gasteiger partial charge in [0.05, 0.1) is 18.0 Å². The number of imide groups is 1. The van der Waals surface area contributed by atoms with Gasteiger partial charge in [0, 0.05) is 11.3 Å². The molecule has 1 aliphatic heterocycles. The fourth-order valence-electron chi connectivity index (χ4n) is 3.39. The number of benzene rings is 2. The largest absolute Gasteiger partial charge is 0.462 e. The number of thiazole rings is 1. The molecule has 2 N–H and O–H groups in total. The number of hydrogen-bond donors (Lipinski definition) is 2. The smallest absolute Gasteiger partial charge is 0.350 e. The van der Waals surface area contributed by atoms with Crippen LogP contribution < -0.4 is 15.5 Å². The van der Waals surface area contributed by atoms with E-state index in [-0.39, 0.29) is 22.5 Å². The van der Waals surface area contributed by atoms with Crippen molar-refractivity contribution in [3.63, 3.8) is 0 Å². The van der Waals surface area contributed by atoms with E-state index < -0.39 is 23.7 Å². The van der Waals surface area contributed by atoms with Crippen molar-refractivity contribution in [1.82, 2.24) is 4.98 Å². The van der Waals surface area contributed by atoms with Crippen molar-refractivity contribution >= 4 is 63.1 Å². The lowest BCUT2D eigenvalue weighted by Crippen LogP contribution is -2.32. The second-order valence-corrected chi connectivity index (χ2v) is 9.16. The Hall–Kier alpha value is -4.02. The molecule has 1 aromatic heterocycles. The van der Waals surface area contributed by atoms with Crippen molar-refractivity contribution in [2.75, 3.05) is 22.1 Å². The van der Waals surface area contributed by atoms with E-state index in [9.17, 15) is 19.2 Å². The fraction of sp³-hybridized carbons (Fsp3) is 0.160. The Bertz CT molecular complexity index is 1400. The van der Waals surface area contributed by atoms with E-state index in [4.69, 9.17) is 16.3 Å². The Morgan fingerprint density at radius 1 is 1.03 bits per heavy atom. The van der Waals surface area contributed by atoms with Gasteiger partial charge in [-0.15, -0.1) is 0 Å². The third-order valence-electron chi connectivity index (χ3n) is 5.21. The first kappa shape index (κ1) is 25.1. The molecule has 0 atom stereocenters. The summed E-state index contributed by atoms with van der Waals surface area (Å²) in [5.41, 5.74) is 2.60. The summed E-state index contributed by atoms with van der Waals surface area (Å²) in [6, 6.07) is 13.2. The van der Waals surface area contributed by atoms with Gasteiger partial charge in [-0.2, -0.15) is 0 Å². The topological polar surface area (TPSA) is 118 Å². The summed E-state index contributed by atoms with van der Waals surface area (Å²) in [4.78, 5) is 55.7. The second-order valence-electron chi connectivity index (χ2n) is 7.78. The SMILES string of the molecule is CCOC(=O)c1sc(NC(=O)c2ccc(NC3=C(Cl)C(=O)N(c4ccc(C)cc4)C3=O)cc2)nc1C. The van der Waals surface area contributed by atoms with Crippen LogP contribution in [0.25, 0.3) is 0 Å². The molecule has 36 heavy (non-hydrogen) atoms. The molecule has 184 valence electrons. The van der Waals surface area contributed by atoms with Gasteiger partial charge in [-0.1, -0.05) is 40.6 Å². The van der Waals surface area contributed by atoms with Gasteiger partial charge in [-0.3, -0.25) is 19.7 Å². The third kappa shape index (κ3) is 5.00. The van der Waals surface area contributed by atoms with Crippen molar-refractivity contribution < 1.29 is 23.9 Å². The predicted molar refractivity (Wildman–Crippen MR) is 137 cm³/mol. The molecular weight excluding hydrogens is 504 g/mol. The van der Waals surface area contributed by atoms with Gasteiger partial charge in [0.1, 0.15) is 15.6 Å². The highest BCUT2D eigenvalue weighted by Gasteiger charge is 2.38. The van der Waals surface area contributed by atoms with Crippen molar-refractivity contribution in [3.8, 4) is 0 Å². The zero-order valence-electron chi connectivity index (χ0n) is 19.5. The Balaban J connectivity index is 1.44. The zero-order chi connectivity index (χ0) is 26.0. The quantitative estimate of drug-likeness (QED) is 0.342. The minimum atomic E-state index is -0.620. The molecule has 0 fully saturated rings. The van der Waals surface area contributed by atoms with Crippen molar-refractivity contribution in [2.24, 2.45) is 0 Å². The van der Waals surface area contributed by atoms with Crippen molar-refractivity contribution in [1.29, 1.82) is 0 Å². The molecule has 0 aliphatic carbocycles. The maximum absolute atomic E-state index is 12.9. The van der Waals surface area contributed by atoms with E-state index in [0.717, 1.165) is 21.8 Å². The predicted octanol–water partition coefficient (Wildman–Crippen LogP) is 4.62. The minimum absolute atomic E-state index is 0.0517. The van der Waals surface area contributed by atoms with Crippen molar-refractivity contribution in [2.45, 2.75) is 20.8 Å². The molecule has 9 nitrogen and oxygen atoms in total. The standard InChI is InChI=1S/C25H21ClN4O5S/c1-4-35-24(34)20-14(3)27-25(36-20)29-21(31)15-7-9-16(10-8-15)28-19-18(26)22(32)30(23(19)33)17-11-5-13(2)6-12-17/h5-12,28H,4H2,1-3H3,(H,27,29,31). The first-order chi connectivity index (χ1) is 17.2. The monoisotopic (exact) mass is 524 g/mol. The van der Waals surface area contributed by atoms with Crippen LogP contribution >= 0.6 is 22.9 Å². The van der Waals surface area contributed by atoms with E-state index >= 15 is 0 Å². The zero-order valence-corrected chi connectivity index (χ0v) is 21.1. The summed E-state index contributed by atoms with van der Waals surface area (Å²) in [5, 5.41) is 5.58. The molecule has 11 heteroatoms. The van der Waals surface area contributed by atoms with Crippen LogP contribution in [0.15, 0.2) is 59.3 Å². The summed E-state index contributed by atoms with van der Waals surface area (Å²) >= 11 is 7.21. The molecule has 3 aromatic rings. The van der Waals surface area contributed by atoms with Gasteiger partial charge in [0.25, 0.3) is 17.7 Å². The van der Waals surface area contributed by atoms with Gasteiger partial charge < -0.3 is 10.1 Å². The summed E-state index contributed by atoms with van der Waals surface area (Å²) in [6.07, 6.45) is 0. The summed E-state index contributed by atoms with van der Waals surface area (Å²) < 4.78 is 4.99. The molecule has 0 saturated carbocycles. The number of nitrogens with one attached hydrogen (secondary N) is 2. The fourth-order valence-corrected chi connectivity index (χ4v) is 4.46. The average Bonchev–Trinajstić information content (AvgIpc) is 3.32. The molecule has 4 rings (SSSR count). The van der Waals surface area contributed by atoms with Crippen LogP contribution in [0.2, 0.25) is 0 Å². The number of ether oxygens (including phenoxy) is 1.